The van der Waals surface area contributed by atoms with Crippen LogP contribution in [0.2, 0.25) is 0 Å². The van der Waals surface area contributed by atoms with E-state index in [-0.39, 0.29) is 0 Å². The number of aryl methyl sites for hydroxylation is 1. The highest BCUT2D eigenvalue weighted by molar-refractivity contribution is 7.18. The number of nitrogens with zero attached hydrogens (tertiary/aromatic N) is 2. The third kappa shape index (κ3) is 2.62. The van der Waals surface area contributed by atoms with Crippen molar-refractivity contribution in [2.24, 2.45) is 0 Å². The average Bonchev–Trinajstić information content (AvgIpc) is 3.01. The normalized spacial score (nSPS) is 12.7. The Morgan fingerprint density at radius 3 is 3.00 bits per heavy atom. The lowest BCUT2D eigenvalue weighted by molar-refractivity contribution is 0.796. The van der Waals surface area contributed by atoms with Gasteiger partial charge in [0.15, 0.2) is 0 Å². The van der Waals surface area contributed by atoms with Gasteiger partial charge in [-0.25, -0.2) is 9.97 Å². The maximum atomic E-state index is 4.38. The molecule has 19 heavy (non-hydrogen) atoms. The highest BCUT2D eigenvalue weighted by atomic mass is 32.1. The van der Waals surface area contributed by atoms with E-state index in [1.807, 2.05) is 0 Å². The Morgan fingerprint density at radius 1 is 1.32 bits per heavy atom. The minimum absolute atomic E-state index is 0.360. The summed E-state index contributed by atoms with van der Waals surface area (Å²) in [4.78, 5) is 10.1. The highest BCUT2D eigenvalue weighted by Gasteiger charge is 2.11. The fourth-order valence-electron chi connectivity index (χ4n) is 2.09. The maximum absolute atomic E-state index is 4.38. The van der Waals surface area contributed by atoms with Crippen molar-refractivity contribution in [3.05, 3.63) is 39.7 Å². The summed E-state index contributed by atoms with van der Waals surface area (Å²) in [6.45, 7) is 4.28. The second-order valence-electron chi connectivity index (χ2n) is 4.65. The van der Waals surface area contributed by atoms with E-state index in [2.05, 4.69) is 52.0 Å². The molecule has 3 heterocycles. The Balaban J connectivity index is 1.81. The molecule has 5 heteroatoms. The van der Waals surface area contributed by atoms with Gasteiger partial charge in [0, 0.05) is 17.3 Å². The van der Waals surface area contributed by atoms with Crippen LogP contribution in [0.3, 0.4) is 0 Å². The lowest BCUT2D eigenvalue weighted by atomic mass is 10.2. The van der Waals surface area contributed by atoms with Crippen molar-refractivity contribution in [1.29, 1.82) is 0 Å². The van der Waals surface area contributed by atoms with E-state index < -0.39 is 0 Å². The van der Waals surface area contributed by atoms with E-state index in [1.54, 1.807) is 29.0 Å². The topological polar surface area (TPSA) is 37.8 Å². The molecule has 0 bridgehead atoms. The van der Waals surface area contributed by atoms with Gasteiger partial charge in [0.2, 0.25) is 0 Å². The predicted molar refractivity (Wildman–Crippen MR) is 83.3 cm³/mol. The first-order valence-electron chi connectivity index (χ1n) is 6.22. The van der Waals surface area contributed by atoms with E-state index in [9.17, 15) is 0 Å². The van der Waals surface area contributed by atoms with Gasteiger partial charge in [0.25, 0.3) is 0 Å². The van der Waals surface area contributed by atoms with E-state index >= 15 is 0 Å². The van der Waals surface area contributed by atoms with Crippen LogP contribution in [0.25, 0.3) is 10.2 Å². The number of hydrogen-bond donors (Lipinski definition) is 1. The fraction of sp³-hybridized carbons (Fsp3) is 0.286. The molecule has 3 rings (SSSR count). The molecule has 3 nitrogen and oxygen atoms in total. The van der Waals surface area contributed by atoms with Crippen LogP contribution in [-0.2, 0) is 6.42 Å². The molecule has 1 N–H and O–H groups in total. The van der Waals surface area contributed by atoms with Gasteiger partial charge in [-0.1, -0.05) is 6.07 Å². The first kappa shape index (κ1) is 12.6. The third-order valence-electron chi connectivity index (χ3n) is 3.00. The molecule has 0 fully saturated rings. The Kier molecular flexibility index (Phi) is 3.48. The molecule has 0 radical (unpaired) electrons. The molecule has 0 spiro atoms. The van der Waals surface area contributed by atoms with Crippen molar-refractivity contribution in [3.63, 3.8) is 0 Å². The predicted octanol–water partition coefficient (Wildman–Crippen LogP) is 4.10. The highest BCUT2D eigenvalue weighted by Crippen LogP contribution is 2.29. The lowest BCUT2D eigenvalue weighted by Crippen LogP contribution is -2.18. The molecule has 0 aliphatic carbocycles. The van der Waals surface area contributed by atoms with Gasteiger partial charge in [-0.3, -0.25) is 0 Å². The zero-order valence-electron chi connectivity index (χ0n) is 10.9. The van der Waals surface area contributed by atoms with Crippen LogP contribution < -0.4 is 5.32 Å². The summed E-state index contributed by atoms with van der Waals surface area (Å²) in [5.41, 5.74) is 2.28. The number of aromatic nitrogens is 2. The third-order valence-corrected chi connectivity index (χ3v) is 4.99. The minimum atomic E-state index is 0.360. The Hall–Kier alpha value is -1.46. The molecular formula is C14H15N3S2. The van der Waals surface area contributed by atoms with Crippen LogP contribution >= 0.6 is 22.7 Å². The van der Waals surface area contributed by atoms with Crippen molar-refractivity contribution in [1.82, 2.24) is 9.97 Å². The quantitative estimate of drug-likeness (QED) is 0.785. The largest absolute Gasteiger partial charge is 0.366 e. The van der Waals surface area contributed by atoms with Crippen LogP contribution in [0.1, 0.15) is 17.4 Å². The van der Waals surface area contributed by atoms with Crippen LogP contribution in [0.5, 0.6) is 0 Å². The fourth-order valence-corrected chi connectivity index (χ4v) is 3.88. The van der Waals surface area contributed by atoms with Crippen LogP contribution in [0, 0.1) is 6.92 Å². The molecule has 0 aliphatic heterocycles. The summed E-state index contributed by atoms with van der Waals surface area (Å²) >= 11 is 3.51. The van der Waals surface area contributed by atoms with E-state index in [0.29, 0.717) is 6.04 Å². The number of fused-ring (bicyclic) bond motifs is 1. The van der Waals surface area contributed by atoms with Gasteiger partial charge in [0.1, 0.15) is 12.1 Å². The monoisotopic (exact) mass is 289 g/mol. The molecule has 0 saturated heterocycles. The number of thiophene rings is 2. The molecule has 98 valence electrons. The number of nitrogens with one attached hydrogen (secondary N) is 1. The SMILES string of the molecule is Cc1csc2c(NC(C)Cc3cccs3)ncnc12. The molecule has 3 aromatic rings. The summed E-state index contributed by atoms with van der Waals surface area (Å²) in [6.07, 6.45) is 2.66. The summed E-state index contributed by atoms with van der Waals surface area (Å²) in [6, 6.07) is 4.63. The second kappa shape index (κ2) is 5.27. The molecule has 0 aliphatic rings. The molecule has 1 atom stereocenters. The Labute approximate surface area is 120 Å². The van der Waals surface area contributed by atoms with Gasteiger partial charge in [-0.05, 0) is 36.2 Å². The lowest BCUT2D eigenvalue weighted by Gasteiger charge is -2.13. The number of anilines is 1. The van der Waals surface area contributed by atoms with Gasteiger partial charge >= 0.3 is 0 Å². The molecular weight excluding hydrogens is 274 g/mol. The molecule has 0 amide bonds. The van der Waals surface area contributed by atoms with Crippen LogP contribution in [0.15, 0.2) is 29.2 Å². The van der Waals surface area contributed by atoms with Crippen molar-refractivity contribution >= 4 is 38.7 Å². The van der Waals surface area contributed by atoms with Gasteiger partial charge in [-0.15, -0.1) is 22.7 Å². The molecule has 1 unspecified atom stereocenters. The first-order valence-corrected chi connectivity index (χ1v) is 7.97. The molecule has 0 saturated carbocycles. The summed E-state index contributed by atoms with van der Waals surface area (Å²) < 4.78 is 1.15. The van der Waals surface area contributed by atoms with Crippen molar-refractivity contribution in [2.75, 3.05) is 5.32 Å². The van der Waals surface area contributed by atoms with Crippen LogP contribution in [0.4, 0.5) is 5.82 Å². The van der Waals surface area contributed by atoms with Gasteiger partial charge in [0.05, 0.1) is 10.2 Å². The van der Waals surface area contributed by atoms with Gasteiger partial charge < -0.3 is 5.32 Å². The Morgan fingerprint density at radius 2 is 2.21 bits per heavy atom. The number of hydrogen-bond acceptors (Lipinski definition) is 5. The van der Waals surface area contributed by atoms with E-state index in [1.165, 1.54) is 10.4 Å². The minimum Gasteiger partial charge on any atom is -0.366 e. The zero-order chi connectivity index (χ0) is 13.2. The van der Waals surface area contributed by atoms with Crippen molar-refractivity contribution in [2.45, 2.75) is 26.3 Å². The summed E-state index contributed by atoms with van der Waals surface area (Å²) in [5.74, 6) is 0.951. The van der Waals surface area contributed by atoms with Crippen LogP contribution in [-0.4, -0.2) is 16.0 Å². The second-order valence-corrected chi connectivity index (χ2v) is 6.56. The first-order chi connectivity index (χ1) is 9.24. The zero-order valence-corrected chi connectivity index (χ0v) is 12.5. The number of rotatable bonds is 4. The van der Waals surface area contributed by atoms with E-state index in [4.69, 9.17) is 0 Å². The van der Waals surface area contributed by atoms with E-state index in [0.717, 1.165) is 22.5 Å². The average molecular weight is 289 g/mol. The summed E-state index contributed by atoms with van der Waals surface area (Å²) in [5, 5.41) is 7.75. The molecule has 3 aromatic heterocycles. The van der Waals surface area contributed by atoms with Gasteiger partial charge in [-0.2, -0.15) is 0 Å². The maximum Gasteiger partial charge on any atom is 0.147 e. The Bertz CT molecular complexity index is 673. The van der Waals surface area contributed by atoms with Crippen molar-refractivity contribution in [3.8, 4) is 0 Å². The summed E-state index contributed by atoms with van der Waals surface area (Å²) in [7, 11) is 0. The van der Waals surface area contributed by atoms with Crippen molar-refractivity contribution < 1.29 is 0 Å². The standard InChI is InChI=1S/C14H15N3S2/c1-9-7-19-13-12(9)15-8-16-14(13)17-10(2)6-11-4-3-5-18-11/h3-5,7-8,10H,6H2,1-2H3,(H,15,16,17). The molecule has 0 aromatic carbocycles. The smallest absolute Gasteiger partial charge is 0.147 e.